The third kappa shape index (κ3) is 3.76. The first-order valence-electron chi connectivity index (χ1n) is 6.12. The van der Waals surface area contributed by atoms with E-state index < -0.39 is 0 Å². The first-order valence-corrected chi connectivity index (χ1v) is 6.12. The lowest BCUT2D eigenvalue weighted by Gasteiger charge is -2.34. The molecule has 0 radical (unpaired) electrons. The van der Waals surface area contributed by atoms with Gasteiger partial charge in [-0.15, -0.1) is 0 Å². The number of hydrogen-bond acceptors (Lipinski definition) is 3. The lowest BCUT2D eigenvalue weighted by Crippen LogP contribution is -2.52. The van der Waals surface area contributed by atoms with E-state index in [1.165, 1.54) is 0 Å². The van der Waals surface area contributed by atoms with Gasteiger partial charge in [0.05, 0.1) is 6.04 Å². The fourth-order valence-electron chi connectivity index (χ4n) is 1.67. The van der Waals surface area contributed by atoms with E-state index >= 15 is 0 Å². The highest BCUT2D eigenvalue weighted by atomic mass is 16.2. The molecule has 1 fully saturated rings. The van der Waals surface area contributed by atoms with Crippen LogP contribution in [0.25, 0.3) is 0 Å². The fraction of sp³-hybridized carbons (Fsp3) is 0.917. The van der Waals surface area contributed by atoms with Gasteiger partial charge in [0.1, 0.15) is 0 Å². The second-order valence-corrected chi connectivity index (χ2v) is 5.43. The Labute approximate surface area is 98.8 Å². The van der Waals surface area contributed by atoms with Crippen molar-refractivity contribution in [1.82, 2.24) is 15.5 Å². The summed E-state index contributed by atoms with van der Waals surface area (Å²) >= 11 is 0. The highest BCUT2D eigenvalue weighted by Gasteiger charge is 2.25. The van der Waals surface area contributed by atoms with Crippen LogP contribution in [-0.4, -0.2) is 49.6 Å². The fourth-order valence-corrected chi connectivity index (χ4v) is 1.67. The molecule has 4 nitrogen and oxygen atoms in total. The monoisotopic (exact) mass is 227 g/mol. The maximum Gasteiger partial charge on any atom is 0.237 e. The van der Waals surface area contributed by atoms with E-state index in [0.717, 1.165) is 32.4 Å². The molecule has 1 atom stereocenters. The van der Waals surface area contributed by atoms with E-state index in [-0.39, 0.29) is 17.5 Å². The topological polar surface area (TPSA) is 44.4 Å². The number of rotatable bonds is 4. The molecule has 4 heteroatoms. The lowest BCUT2D eigenvalue weighted by molar-refractivity contribution is -0.122. The summed E-state index contributed by atoms with van der Waals surface area (Å²) in [4.78, 5) is 13.9. The van der Waals surface area contributed by atoms with Crippen molar-refractivity contribution >= 4 is 5.91 Å². The third-order valence-electron chi connectivity index (χ3n) is 3.53. The maximum atomic E-state index is 11.7. The number of likely N-dealkylation sites (N-methyl/N-ethyl adjacent to an activating group) is 1. The zero-order chi connectivity index (χ0) is 12.2. The minimum absolute atomic E-state index is 0.0123. The predicted octanol–water partition coefficient (Wildman–Crippen LogP) is 0.585. The molecular formula is C12H25N3O. The summed E-state index contributed by atoms with van der Waals surface area (Å²) in [7, 11) is 4.13. The average molecular weight is 227 g/mol. The minimum Gasteiger partial charge on any atom is -0.355 e. The summed E-state index contributed by atoms with van der Waals surface area (Å²) in [5, 5.41) is 6.32. The number of amides is 1. The Morgan fingerprint density at radius 2 is 2.12 bits per heavy atom. The van der Waals surface area contributed by atoms with Crippen molar-refractivity contribution in [3.63, 3.8) is 0 Å². The zero-order valence-corrected chi connectivity index (χ0v) is 11.0. The molecule has 0 aromatic rings. The summed E-state index contributed by atoms with van der Waals surface area (Å²) in [6.45, 7) is 6.01. The number of nitrogens with zero attached hydrogens (tertiary/aromatic N) is 1. The Morgan fingerprint density at radius 3 is 2.75 bits per heavy atom. The van der Waals surface area contributed by atoms with Crippen LogP contribution in [0.15, 0.2) is 0 Å². The molecule has 16 heavy (non-hydrogen) atoms. The Balaban J connectivity index is 2.44. The van der Waals surface area contributed by atoms with Crippen LogP contribution >= 0.6 is 0 Å². The van der Waals surface area contributed by atoms with Crippen LogP contribution in [0.3, 0.4) is 0 Å². The van der Waals surface area contributed by atoms with Crippen molar-refractivity contribution in [2.75, 3.05) is 27.2 Å². The average Bonchev–Trinajstić information content (AvgIpc) is 2.40. The largest absolute Gasteiger partial charge is 0.355 e. The van der Waals surface area contributed by atoms with Crippen LogP contribution in [0.4, 0.5) is 0 Å². The van der Waals surface area contributed by atoms with Crippen molar-refractivity contribution in [3.05, 3.63) is 0 Å². The lowest BCUT2D eigenvalue weighted by atomic mass is 10.0. The smallest absolute Gasteiger partial charge is 0.237 e. The maximum absolute atomic E-state index is 11.7. The van der Waals surface area contributed by atoms with Crippen LogP contribution in [0.1, 0.15) is 33.1 Å². The Bertz CT molecular complexity index is 238. The molecule has 0 bridgehead atoms. The normalized spacial score (nSPS) is 23.1. The first kappa shape index (κ1) is 13.5. The van der Waals surface area contributed by atoms with Gasteiger partial charge in [-0.1, -0.05) is 0 Å². The molecule has 0 aliphatic carbocycles. The number of carbonyl (C=O) groups excluding carboxylic acids is 1. The van der Waals surface area contributed by atoms with E-state index in [2.05, 4.69) is 43.5 Å². The van der Waals surface area contributed by atoms with E-state index in [4.69, 9.17) is 0 Å². The molecule has 1 heterocycles. The molecule has 1 aliphatic rings. The van der Waals surface area contributed by atoms with Gasteiger partial charge in [0.2, 0.25) is 5.91 Å². The van der Waals surface area contributed by atoms with Crippen LogP contribution in [0.2, 0.25) is 0 Å². The van der Waals surface area contributed by atoms with Crippen LogP contribution in [0, 0.1) is 0 Å². The van der Waals surface area contributed by atoms with Gasteiger partial charge in [0, 0.05) is 18.6 Å². The summed E-state index contributed by atoms with van der Waals surface area (Å²) < 4.78 is 0. The minimum atomic E-state index is -0.0123. The Morgan fingerprint density at radius 1 is 1.44 bits per heavy atom. The van der Waals surface area contributed by atoms with Crippen molar-refractivity contribution in [2.45, 2.75) is 44.7 Å². The third-order valence-corrected chi connectivity index (χ3v) is 3.53. The van der Waals surface area contributed by atoms with Gasteiger partial charge in [-0.25, -0.2) is 0 Å². The highest BCUT2D eigenvalue weighted by Crippen LogP contribution is 2.10. The predicted molar refractivity (Wildman–Crippen MR) is 66.4 cm³/mol. The number of nitrogens with one attached hydrogen (secondary N) is 2. The van der Waals surface area contributed by atoms with E-state index in [1.54, 1.807) is 0 Å². The molecule has 94 valence electrons. The van der Waals surface area contributed by atoms with Crippen LogP contribution in [0.5, 0.6) is 0 Å². The number of carbonyl (C=O) groups is 1. The molecule has 0 saturated carbocycles. The highest BCUT2D eigenvalue weighted by molar-refractivity contribution is 5.81. The standard InChI is InChI=1S/C12H25N3O/c1-12(2,15(3)4)9-14-10-7-5-6-8-13-11(10)16/h10,14H,5-9H2,1-4H3,(H,13,16). The van der Waals surface area contributed by atoms with Crippen LogP contribution < -0.4 is 10.6 Å². The molecule has 0 spiro atoms. The Kier molecular flexibility index (Phi) is 4.74. The summed E-state index contributed by atoms with van der Waals surface area (Å²) in [6, 6.07) is -0.0123. The molecule has 2 N–H and O–H groups in total. The van der Waals surface area contributed by atoms with Gasteiger partial charge >= 0.3 is 0 Å². The van der Waals surface area contributed by atoms with Gasteiger partial charge in [-0.05, 0) is 47.2 Å². The van der Waals surface area contributed by atoms with Crippen LogP contribution in [-0.2, 0) is 4.79 Å². The van der Waals surface area contributed by atoms with Crippen molar-refractivity contribution in [2.24, 2.45) is 0 Å². The summed E-state index contributed by atoms with van der Waals surface area (Å²) in [5.41, 5.74) is 0.0760. The molecule has 1 rings (SSSR count). The number of hydrogen-bond donors (Lipinski definition) is 2. The zero-order valence-electron chi connectivity index (χ0n) is 11.0. The second kappa shape index (κ2) is 5.64. The van der Waals surface area contributed by atoms with Crippen molar-refractivity contribution in [3.8, 4) is 0 Å². The molecule has 1 saturated heterocycles. The van der Waals surface area contributed by atoms with Gasteiger partial charge in [0.15, 0.2) is 0 Å². The summed E-state index contributed by atoms with van der Waals surface area (Å²) in [5.74, 6) is 0.159. The first-order chi connectivity index (χ1) is 7.43. The van der Waals surface area contributed by atoms with E-state index in [0.29, 0.717) is 0 Å². The molecule has 1 aliphatic heterocycles. The van der Waals surface area contributed by atoms with Gasteiger partial charge < -0.3 is 15.5 Å². The van der Waals surface area contributed by atoms with E-state index in [1.807, 2.05) is 0 Å². The quantitative estimate of drug-likeness (QED) is 0.738. The van der Waals surface area contributed by atoms with Crippen molar-refractivity contribution < 1.29 is 4.79 Å². The second-order valence-electron chi connectivity index (χ2n) is 5.43. The Hall–Kier alpha value is -0.610. The SMILES string of the molecule is CN(C)C(C)(C)CNC1CCCCNC1=O. The molecule has 1 unspecified atom stereocenters. The van der Waals surface area contributed by atoms with Gasteiger partial charge in [-0.2, -0.15) is 0 Å². The molecule has 0 aromatic heterocycles. The van der Waals surface area contributed by atoms with E-state index in [9.17, 15) is 4.79 Å². The molecule has 1 amide bonds. The summed E-state index contributed by atoms with van der Waals surface area (Å²) in [6.07, 6.45) is 3.18. The van der Waals surface area contributed by atoms with Crippen molar-refractivity contribution in [1.29, 1.82) is 0 Å². The van der Waals surface area contributed by atoms with Gasteiger partial charge in [-0.3, -0.25) is 4.79 Å². The molecule has 0 aromatic carbocycles. The molecular weight excluding hydrogens is 202 g/mol. The van der Waals surface area contributed by atoms with Gasteiger partial charge in [0.25, 0.3) is 0 Å².